The lowest BCUT2D eigenvalue weighted by atomic mass is 9.90. The van der Waals surface area contributed by atoms with Crippen LogP contribution in [0.1, 0.15) is 13.3 Å². The van der Waals surface area contributed by atoms with Gasteiger partial charge in [-0.25, -0.2) is 0 Å². The maximum Gasteiger partial charge on any atom is 0.430 e. The van der Waals surface area contributed by atoms with Crippen molar-refractivity contribution in [3.8, 4) is 0 Å². The molecule has 0 aromatic rings. The first kappa shape index (κ1) is 22.8. The van der Waals surface area contributed by atoms with Crippen LogP contribution < -0.4 is 0 Å². The van der Waals surface area contributed by atoms with Crippen LogP contribution in [-0.4, -0.2) is 46.1 Å². The van der Waals surface area contributed by atoms with Crippen LogP contribution >= 0.6 is 0 Å². The lowest BCUT2D eigenvalue weighted by molar-refractivity contribution is -0.367. The number of hydrogen-bond donors (Lipinski definition) is 2. The molecule has 0 radical (unpaired) electrons. The second-order valence-electron chi connectivity index (χ2n) is 4.79. The van der Waals surface area contributed by atoms with Crippen molar-refractivity contribution < 1.29 is 62.9 Å². The maximum absolute atomic E-state index is 12.4. The Morgan fingerprint density at radius 2 is 0.958 bits per heavy atom. The molecule has 0 aliphatic rings. The normalized spacial score (nSPS) is 16.5. The summed E-state index contributed by atoms with van der Waals surface area (Å²) < 4.78 is 148. The number of hydrogen-bond acceptors (Lipinski definition) is 2. The largest absolute Gasteiger partial charge is 0.430 e. The summed E-state index contributed by atoms with van der Waals surface area (Å²) in [7, 11) is 0. The molecular formula is C10H8F12O2. The summed E-state index contributed by atoms with van der Waals surface area (Å²) >= 11 is 0. The smallest absolute Gasteiger partial charge is 0.373 e. The minimum Gasteiger partial charge on any atom is -0.373 e. The molecule has 144 valence electrons. The Labute approximate surface area is 125 Å². The van der Waals surface area contributed by atoms with Crippen molar-refractivity contribution in [3.05, 3.63) is 11.6 Å². The molecule has 2 N–H and O–H groups in total. The Hall–Kier alpha value is -1.18. The molecule has 0 unspecified atom stereocenters. The van der Waals surface area contributed by atoms with Crippen molar-refractivity contribution in [2.24, 2.45) is 0 Å². The first-order valence-electron chi connectivity index (χ1n) is 5.50. The quantitative estimate of drug-likeness (QED) is 0.566. The predicted molar refractivity (Wildman–Crippen MR) is 52.5 cm³/mol. The third kappa shape index (κ3) is 4.07. The van der Waals surface area contributed by atoms with E-state index in [9.17, 15) is 52.7 Å². The van der Waals surface area contributed by atoms with E-state index in [4.69, 9.17) is 10.2 Å². The molecule has 0 saturated heterocycles. The van der Waals surface area contributed by atoms with Gasteiger partial charge in [0, 0.05) is 6.42 Å². The zero-order valence-corrected chi connectivity index (χ0v) is 11.2. The molecule has 0 aromatic carbocycles. The van der Waals surface area contributed by atoms with Gasteiger partial charge in [0.25, 0.3) is 11.2 Å². The number of halogens is 12. The van der Waals surface area contributed by atoms with Crippen LogP contribution in [0.15, 0.2) is 11.6 Å². The number of rotatable bonds is 3. The highest BCUT2D eigenvalue weighted by Gasteiger charge is 2.72. The van der Waals surface area contributed by atoms with Gasteiger partial charge in [-0.15, -0.1) is 0 Å². The molecule has 0 aliphatic carbocycles. The van der Waals surface area contributed by atoms with Gasteiger partial charge in [-0.05, 0) is 13.0 Å². The SMILES string of the molecule is C/C(=C\C(O)(C(F)(F)F)C(F)(F)F)CC(O)(C(F)(F)F)C(F)(F)F. The van der Waals surface area contributed by atoms with Gasteiger partial charge in [0.1, 0.15) is 0 Å². The highest BCUT2D eigenvalue weighted by Crippen LogP contribution is 2.49. The van der Waals surface area contributed by atoms with E-state index in [1.54, 1.807) is 0 Å². The standard InChI is InChI=1S/C10H8F12O2/c1-4(2-5(23,7(11,12)13)8(14,15)16)3-6(24,9(17,18)19)10(20,21)22/h2,23-24H,3H2,1H3/b4-2+. The highest BCUT2D eigenvalue weighted by atomic mass is 19.4. The summed E-state index contributed by atoms with van der Waals surface area (Å²) in [6, 6.07) is 0. The van der Waals surface area contributed by atoms with Gasteiger partial charge in [0.2, 0.25) is 0 Å². The van der Waals surface area contributed by atoms with Crippen LogP contribution in [0.3, 0.4) is 0 Å². The van der Waals surface area contributed by atoms with Crippen molar-refractivity contribution in [3.63, 3.8) is 0 Å². The average molecular weight is 388 g/mol. The number of aliphatic hydroxyl groups is 2. The average Bonchev–Trinajstić information content (AvgIpc) is 2.21. The molecule has 0 atom stereocenters. The highest BCUT2D eigenvalue weighted by molar-refractivity contribution is 5.19. The van der Waals surface area contributed by atoms with E-state index in [0.29, 0.717) is 0 Å². The summed E-state index contributed by atoms with van der Waals surface area (Å²) in [5.41, 5.74) is -13.1. The molecule has 0 saturated carbocycles. The Morgan fingerprint density at radius 1 is 0.667 bits per heavy atom. The van der Waals surface area contributed by atoms with Crippen LogP contribution in [-0.2, 0) is 0 Å². The van der Waals surface area contributed by atoms with Crippen LogP contribution in [0, 0.1) is 0 Å². The summed E-state index contributed by atoms with van der Waals surface area (Å²) in [5.74, 6) is 0. The number of alkyl halides is 12. The van der Waals surface area contributed by atoms with Crippen molar-refractivity contribution in [2.45, 2.75) is 49.3 Å². The maximum atomic E-state index is 12.4. The van der Waals surface area contributed by atoms with Gasteiger partial charge >= 0.3 is 24.7 Å². The fourth-order valence-electron chi connectivity index (χ4n) is 1.50. The molecule has 0 amide bonds. The van der Waals surface area contributed by atoms with Crippen LogP contribution in [0.25, 0.3) is 0 Å². The van der Waals surface area contributed by atoms with Crippen LogP contribution in [0.2, 0.25) is 0 Å². The molecule has 24 heavy (non-hydrogen) atoms. The van der Waals surface area contributed by atoms with E-state index in [1.807, 2.05) is 0 Å². The van der Waals surface area contributed by atoms with Crippen LogP contribution in [0.4, 0.5) is 52.7 Å². The Morgan fingerprint density at radius 3 is 1.17 bits per heavy atom. The molecule has 14 heteroatoms. The lowest BCUT2D eigenvalue weighted by Crippen LogP contribution is -2.58. The van der Waals surface area contributed by atoms with Crippen molar-refractivity contribution >= 4 is 0 Å². The predicted octanol–water partition coefficient (Wildman–Crippen LogP) is 4.03. The minimum absolute atomic E-state index is 0.0326. The van der Waals surface area contributed by atoms with E-state index >= 15 is 0 Å². The fourth-order valence-corrected chi connectivity index (χ4v) is 1.50. The zero-order chi connectivity index (χ0) is 20.0. The summed E-state index contributed by atoms with van der Waals surface area (Å²) in [6.45, 7) is 0.0326. The van der Waals surface area contributed by atoms with E-state index in [2.05, 4.69) is 0 Å². The molecule has 0 heterocycles. The molecule has 2 nitrogen and oxygen atoms in total. The Kier molecular flexibility index (Phi) is 5.67. The molecule has 0 aromatic heterocycles. The van der Waals surface area contributed by atoms with E-state index < -0.39 is 54.0 Å². The molecule has 0 rings (SSSR count). The van der Waals surface area contributed by atoms with Crippen molar-refractivity contribution in [2.75, 3.05) is 0 Å². The van der Waals surface area contributed by atoms with Gasteiger partial charge in [0.15, 0.2) is 0 Å². The van der Waals surface area contributed by atoms with Crippen molar-refractivity contribution in [1.29, 1.82) is 0 Å². The summed E-state index contributed by atoms with van der Waals surface area (Å²) in [5, 5.41) is 17.4. The monoisotopic (exact) mass is 388 g/mol. The van der Waals surface area contributed by atoms with Gasteiger partial charge < -0.3 is 10.2 Å². The van der Waals surface area contributed by atoms with Crippen LogP contribution in [0.5, 0.6) is 0 Å². The Balaban J connectivity index is 6.09. The topological polar surface area (TPSA) is 40.5 Å². The van der Waals surface area contributed by atoms with E-state index in [0.717, 1.165) is 0 Å². The summed E-state index contributed by atoms with van der Waals surface area (Å²) in [4.78, 5) is 0. The van der Waals surface area contributed by atoms with Gasteiger partial charge in [-0.2, -0.15) is 52.7 Å². The van der Waals surface area contributed by atoms with E-state index in [1.165, 1.54) is 0 Å². The second-order valence-corrected chi connectivity index (χ2v) is 4.79. The van der Waals surface area contributed by atoms with Gasteiger partial charge in [-0.1, -0.05) is 5.57 Å². The molecule has 0 spiro atoms. The molecule has 0 bridgehead atoms. The molecular weight excluding hydrogens is 380 g/mol. The lowest BCUT2D eigenvalue weighted by Gasteiger charge is -2.34. The van der Waals surface area contributed by atoms with Crippen molar-refractivity contribution in [1.82, 2.24) is 0 Å². The first-order chi connectivity index (χ1) is 10.1. The second kappa shape index (κ2) is 5.97. The zero-order valence-electron chi connectivity index (χ0n) is 11.2. The first-order valence-corrected chi connectivity index (χ1v) is 5.50. The third-order valence-electron chi connectivity index (χ3n) is 2.79. The van der Waals surface area contributed by atoms with Gasteiger partial charge in [-0.3, -0.25) is 0 Å². The third-order valence-corrected chi connectivity index (χ3v) is 2.79. The van der Waals surface area contributed by atoms with E-state index in [-0.39, 0.29) is 6.92 Å². The van der Waals surface area contributed by atoms with Gasteiger partial charge in [0.05, 0.1) is 0 Å². The Bertz CT molecular complexity index is 450. The molecule has 0 fully saturated rings. The minimum atomic E-state index is -6.49. The molecule has 0 aliphatic heterocycles. The fraction of sp³-hybridized carbons (Fsp3) is 0.800. The summed E-state index contributed by atoms with van der Waals surface area (Å²) in [6.07, 6.45) is -29.8.